The van der Waals surface area contributed by atoms with Gasteiger partial charge in [0.15, 0.2) is 0 Å². The van der Waals surface area contributed by atoms with Crippen LogP contribution in [0.25, 0.3) is 0 Å². The van der Waals surface area contributed by atoms with E-state index in [0.717, 1.165) is 18.0 Å². The van der Waals surface area contributed by atoms with Crippen LogP contribution in [0.5, 0.6) is 0 Å². The zero-order valence-electron chi connectivity index (χ0n) is 12.6. The summed E-state index contributed by atoms with van der Waals surface area (Å²) in [4.78, 5) is 2.88. The van der Waals surface area contributed by atoms with Crippen LogP contribution in [0.1, 0.15) is 53.4 Å². The number of hydrogen-bond acceptors (Lipinski definition) is 2. The molecule has 4 atom stereocenters. The van der Waals surface area contributed by atoms with Crippen molar-refractivity contribution in [3.63, 3.8) is 0 Å². The van der Waals surface area contributed by atoms with Gasteiger partial charge in [0.25, 0.3) is 0 Å². The fourth-order valence-electron chi connectivity index (χ4n) is 5.60. The van der Waals surface area contributed by atoms with E-state index in [1.54, 1.807) is 0 Å². The van der Waals surface area contributed by atoms with Crippen LogP contribution >= 0.6 is 0 Å². The van der Waals surface area contributed by atoms with Crippen molar-refractivity contribution < 1.29 is 0 Å². The molecule has 104 valence electrons. The smallest absolute Gasteiger partial charge is 0.0221 e. The summed E-state index contributed by atoms with van der Waals surface area (Å²) in [7, 11) is 0. The van der Waals surface area contributed by atoms with E-state index in [2.05, 4.69) is 37.9 Å². The average Bonchev–Trinajstić information content (AvgIpc) is 2.80. The average molecular weight is 250 g/mol. The highest BCUT2D eigenvalue weighted by atomic mass is 15.3. The summed E-state index contributed by atoms with van der Waals surface area (Å²) in [5.74, 6) is 0.972. The molecule has 2 saturated carbocycles. The third-order valence-corrected chi connectivity index (χ3v) is 6.39. The van der Waals surface area contributed by atoms with Gasteiger partial charge in [-0.05, 0) is 42.4 Å². The Hall–Kier alpha value is -0.0800. The van der Waals surface area contributed by atoms with Crippen LogP contribution in [0.4, 0.5) is 0 Å². The molecule has 0 aromatic carbocycles. The van der Waals surface area contributed by atoms with Crippen molar-refractivity contribution in [3.05, 3.63) is 0 Å². The van der Waals surface area contributed by atoms with Crippen LogP contribution in [-0.4, -0.2) is 36.6 Å². The third kappa shape index (κ3) is 1.68. The summed E-state index contributed by atoms with van der Waals surface area (Å²) >= 11 is 0. The Balaban J connectivity index is 1.90. The molecular weight excluding hydrogens is 220 g/mol. The molecule has 3 aliphatic rings. The van der Waals surface area contributed by atoms with Crippen LogP contribution in [0, 0.1) is 16.7 Å². The lowest BCUT2D eigenvalue weighted by Crippen LogP contribution is -2.62. The summed E-state index contributed by atoms with van der Waals surface area (Å²) in [5.41, 5.74) is 1.12. The molecule has 2 bridgehead atoms. The van der Waals surface area contributed by atoms with Crippen molar-refractivity contribution in [3.8, 4) is 0 Å². The Morgan fingerprint density at radius 1 is 1.28 bits per heavy atom. The minimum absolute atomic E-state index is 0.526. The SMILES string of the molecule is CCC1CNCCN1C1C2(C)CCC(C2)C1(C)C. The normalized spacial score (nSPS) is 47.7. The van der Waals surface area contributed by atoms with Gasteiger partial charge >= 0.3 is 0 Å². The van der Waals surface area contributed by atoms with E-state index >= 15 is 0 Å². The highest BCUT2D eigenvalue weighted by Gasteiger charge is 2.61. The van der Waals surface area contributed by atoms with Gasteiger partial charge in [-0.3, -0.25) is 4.90 Å². The standard InChI is InChI=1S/C16H30N2/c1-5-13-11-17-8-9-18(13)14-15(2,3)12-6-7-16(14,4)10-12/h12-14,17H,5-11H2,1-4H3. The monoisotopic (exact) mass is 250 g/mol. The van der Waals surface area contributed by atoms with Gasteiger partial charge in [0.1, 0.15) is 0 Å². The Morgan fingerprint density at radius 3 is 2.67 bits per heavy atom. The minimum Gasteiger partial charge on any atom is -0.314 e. The van der Waals surface area contributed by atoms with Crippen molar-refractivity contribution >= 4 is 0 Å². The first kappa shape index (κ1) is 12.9. The molecule has 2 nitrogen and oxygen atoms in total. The Kier molecular flexibility index (Phi) is 3.02. The van der Waals surface area contributed by atoms with Gasteiger partial charge in [-0.25, -0.2) is 0 Å². The molecule has 4 unspecified atom stereocenters. The quantitative estimate of drug-likeness (QED) is 0.811. The van der Waals surface area contributed by atoms with Crippen LogP contribution < -0.4 is 5.32 Å². The highest BCUT2D eigenvalue weighted by molar-refractivity contribution is 5.13. The minimum atomic E-state index is 0.526. The zero-order valence-corrected chi connectivity index (χ0v) is 12.6. The number of nitrogens with zero attached hydrogens (tertiary/aromatic N) is 1. The van der Waals surface area contributed by atoms with Crippen LogP contribution in [0.2, 0.25) is 0 Å². The van der Waals surface area contributed by atoms with Gasteiger partial charge in [0, 0.05) is 31.7 Å². The van der Waals surface area contributed by atoms with E-state index in [0.29, 0.717) is 10.8 Å². The first-order valence-corrected chi connectivity index (χ1v) is 7.95. The largest absolute Gasteiger partial charge is 0.314 e. The number of nitrogens with one attached hydrogen (secondary N) is 1. The first-order valence-electron chi connectivity index (χ1n) is 7.95. The predicted molar refractivity (Wildman–Crippen MR) is 76.7 cm³/mol. The van der Waals surface area contributed by atoms with Gasteiger partial charge < -0.3 is 5.32 Å². The van der Waals surface area contributed by atoms with Gasteiger partial charge in [0.05, 0.1) is 0 Å². The summed E-state index contributed by atoms with van der Waals surface area (Å²) in [6.07, 6.45) is 5.71. The fourth-order valence-corrected chi connectivity index (χ4v) is 5.60. The molecule has 3 rings (SSSR count). The molecule has 0 amide bonds. The molecular formula is C16H30N2. The Morgan fingerprint density at radius 2 is 2.06 bits per heavy atom. The fraction of sp³-hybridized carbons (Fsp3) is 1.00. The second-order valence-electron chi connectivity index (χ2n) is 7.82. The number of piperazine rings is 1. The molecule has 1 heterocycles. The van der Waals surface area contributed by atoms with Crippen LogP contribution in [-0.2, 0) is 0 Å². The second kappa shape index (κ2) is 4.21. The first-order chi connectivity index (χ1) is 8.49. The molecule has 2 aliphatic carbocycles. The van der Waals surface area contributed by atoms with E-state index in [-0.39, 0.29) is 0 Å². The predicted octanol–water partition coefficient (Wildman–Crippen LogP) is 2.89. The molecule has 2 heteroatoms. The van der Waals surface area contributed by atoms with Gasteiger partial charge in [-0.15, -0.1) is 0 Å². The molecule has 18 heavy (non-hydrogen) atoms. The van der Waals surface area contributed by atoms with E-state index < -0.39 is 0 Å². The van der Waals surface area contributed by atoms with E-state index in [9.17, 15) is 0 Å². The molecule has 1 saturated heterocycles. The van der Waals surface area contributed by atoms with Gasteiger partial charge in [-0.2, -0.15) is 0 Å². The molecule has 1 aliphatic heterocycles. The van der Waals surface area contributed by atoms with E-state index in [1.807, 2.05) is 0 Å². The zero-order chi connectivity index (χ0) is 13.0. The molecule has 0 aromatic heterocycles. The Bertz CT molecular complexity index is 320. The van der Waals surface area contributed by atoms with Gasteiger partial charge in [-0.1, -0.05) is 27.7 Å². The van der Waals surface area contributed by atoms with E-state index in [1.165, 1.54) is 45.3 Å². The third-order valence-electron chi connectivity index (χ3n) is 6.39. The summed E-state index contributed by atoms with van der Waals surface area (Å²) < 4.78 is 0. The maximum atomic E-state index is 3.58. The molecule has 0 radical (unpaired) electrons. The summed E-state index contributed by atoms with van der Waals surface area (Å²) in [5, 5.41) is 3.58. The lowest BCUT2D eigenvalue weighted by atomic mass is 9.67. The van der Waals surface area contributed by atoms with Crippen LogP contribution in [0.3, 0.4) is 0 Å². The second-order valence-corrected chi connectivity index (χ2v) is 7.82. The molecule has 0 aromatic rings. The van der Waals surface area contributed by atoms with Crippen molar-refractivity contribution in [1.29, 1.82) is 0 Å². The van der Waals surface area contributed by atoms with E-state index in [4.69, 9.17) is 0 Å². The number of fused-ring (bicyclic) bond motifs is 2. The van der Waals surface area contributed by atoms with Crippen molar-refractivity contribution in [2.45, 2.75) is 65.5 Å². The van der Waals surface area contributed by atoms with Crippen molar-refractivity contribution in [1.82, 2.24) is 10.2 Å². The maximum Gasteiger partial charge on any atom is 0.0221 e. The molecule has 0 spiro atoms. The number of rotatable bonds is 2. The van der Waals surface area contributed by atoms with Crippen LogP contribution in [0.15, 0.2) is 0 Å². The van der Waals surface area contributed by atoms with Gasteiger partial charge in [0.2, 0.25) is 0 Å². The topological polar surface area (TPSA) is 15.3 Å². The maximum absolute atomic E-state index is 3.58. The lowest BCUT2D eigenvalue weighted by Gasteiger charge is -2.53. The van der Waals surface area contributed by atoms with Crippen molar-refractivity contribution in [2.24, 2.45) is 16.7 Å². The Labute approximate surface area is 113 Å². The summed E-state index contributed by atoms with van der Waals surface area (Å²) in [6, 6.07) is 1.58. The van der Waals surface area contributed by atoms with Crippen molar-refractivity contribution in [2.75, 3.05) is 19.6 Å². The lowest BCUT2D eigenvalue weighted by molar-refractivity contribution is -0.0317. The molecule has 1 N–H and O–H groups in total. The summed E-state index contributed by atoms with van der Waals surface area (Å²) in [6.45, 7) is 13.7. The molecule has 3 fully saturated rings. The highest BCUT2D eigenvalue weighted by Crippen LogP contribution is 2.64. The number of hydrogen-bond donors (Lipinski definition) is 1.